The van der Waals surface area contributed by atoms with E-state index in [1.54, 1.807) is 18.2 Å². The summed E-state index contributed by atoms with van der Waals surface area (Å²) in [4.78, 5) is 26.3. The number of aromatic nitrogens is 1. The summed E-state index contributed by atoms with van der Waals surface area (Å²) in [5.41, 5.74) is 1.16. The molecule has 0 N–H and O–H groups in total. The lowest BCUT2D eigenvalue weighted by Gasteiger charge is -2.06. The number of rotatable bonds is 6. The van der Waals surface area contributed by atoms with E-state index in [4.69, 9.17) is 16.3 Å². The molecule has 2 rings (SSSR count). The lowest BCUT2D eigenvalue weighted by molar-refractivity contribution is -0.304. The lowest BCUT2D eigenvalue weighted by atomic mass is 10.2. The number of halogens is 1. The highest BCUT2D eigenvalue weighted by molar-refractivity contribution is 7.11. The van der Waals surface area contributed by atoms with E-state index in [0.717, 1.165) is 16.9 Å². The molecule has 5 nitrogen and oxygen atoms in total. The van der Waals surface area contributed by atoms with Crippen LogP contribution in [0.1, 0.15) is 21.1 Å². The van der Waals surface area contributed by atoms with Gasteiger partial charge in [0.25, 0.3) is 0 Å². The number of hydrogen-bond donors (Lipinski definition) is 0. The Morgan fingerprint density at radius 1 is 1.43 bits per heavy atom. The molecule has 0 aliphatic carbocycles. The largest absolute Gasteiger partial charge is 0.550 e. The van der Waals surface area contributed by atoms with Crippen LogP contribution < -0.4 is 9.84 Å². The number of carboxylic acids is 1. The highest BCUT2D eigenvalue weighted by atomic mass is 35.5. The van der Waals surface area contributed by atoms with Gasteiger partial charge in [-0.3, -0.25) is 4.79 Å². The van der Waals surface area contributed by atoms with Crippen LogP contribution in [0, 0.1) is 6.92 Å². The van der Waals surface area contributed by atoms with Gasteiger partial charge >= 0.3 is 0 Å². The van der Waals surface area contributed by atoms with Gasteiger partial charge in [-0.1, -0.05) is 11.6 Å². The molecule has 0 radical (unpaired) electrons. The summed E-state index contributed by atoms with van der Waals surface area (Å²) in [6, 6.07) is 5.10. The maximum Gasteiger partial charge on any atom is 0.228 e. The second kappa shape index (κ2) is 6.69. The maximum absolute atomic E-state index is 11.9. The van der Waals surface area contributed by atoms with Crippen molar-refractivity contribution >= 4 is 34.7 Å². The molecule has 0 aliphatic heterocycles. The molecular weight excluding hydrogens is 314 g/mol. The van der Waals surface area contributed by atoms with Gasteiger partial charge in [0.2, 0.25) is 5.78 Å². The molecule has 0 unspecified atom stereocenters. The van der Waals surface area contributed by atoms with Gasteiger partial charge < -0.3 is 14.6 Å². The Balaban J connectivity index is 1.96. The second-order valence-corrected chi connectivity index (χ2v) is 5.58. The minimum atomic E-state index is -1.23. The highest BCUT2D eigenvalue weighted by Crippen LogP contribution is 2.21. The molecule has 0 amide bonds. The molecule has 0 spiro atoms. The van der Waals surface area contributed by atoms with E-state index in [1.807, 2.05) is 6.92 Å². The molecule has 0 saturated carbocycles. The zero-order chi connectivity index (χ0) is 15.4. The monoisotopic (exact) mass is 324 g/mol. The van der Waals surface area contributed by atoms with Crippen molar-refractivity contribution in [1.82, 2.24) is 4.98 Å². The van der Waals surface area contributed by atoms with Crippen molar-refractivity contribution in [3.8, 4) is 5.75 Å². The second-order valence-electron chi connectivity index (χ2n) is 4.32. The summed E-state index contributed by atoms with van der Waals surface area (Å²) in [7, 11) is 0. The third-order valence-electron chi connectivity index (χ3n) is 2.62. The number of hydrogen-bond acceptors (Lipinski definition) is 6. The molecule has 1 heterocycles. The number of carbonyl (C=O) groups is 2. The van der Waals surface area contributed by atoms with Gasteiger partial charge in [0.1, 0.15) is 5.75 Å². The van der Waals surface area contributed by atoms with Crippen molar-refractivity contribution in [2.75, 3.05) is 6.61 Å². The third-order valence-corrected chi connectivity index (χ3v) is 3.97. The molecule has 0 atom stereocenters. The summed E-state index contributed by atoms with van der Waals surface area (Å²) in [5, 5.41) is 12.8. The number of carboxylic acid groups (broad SMARTS) is 1. The first kappa shape index (κ1) is 15.5. The zero-order valence-electron chi connectivity index (χ0n) is 11.1. The topological polar surface area (TPSA) is 79.3 Å². The van der Waals surface area contributed by atoms with E-state index in [0.29, 0.717) is 16.5 Å². The van der Waals surface area contributed by atoms with E-state index in [2.05, 4.69) is 4.98 Å². The van der Waals surface area contributed by atoms with Crippen molar-refractivity contribution in [2.45, 2.75) is 13.3 Å². The number of nitrogens with zero attached hydrogens (tertiary/aromatic N) is 1. The quantitative estimate of drug-likeness (QED) is 0.755. The van der Waals surface area contributed by atoms with Crippen molar-refractivity contribution in [3.05, 3.63) is 44.9 Å². The van der Waals surface area contributed by atoms with Crippen LogP contribution in [0.3, 0.4) is 0 Å². The number of ketones is 1. The molecule has 0 bridgehead atoms. The Morgan fingerprint density at radius 2 is 2.19 bits per heavy atom. The average Bonchev–Trinajstić information content (AvgIpc) is 2.87. The fourth-order valence-electron chi connectivity index (χ4n) is 1.58. The summed E-state index contributed by atoms with van der Waals surface area (Å²) in [5.74, 6) is -0.999. The van der Waals surface area contributed by atoms with Gasteiger partial charge in [-0.2, -0.15) is 0 Å². The van der Waals surface area contributed by atoms with Gasteiger partial charge in [0, 0.05) is 22.8 Å². The normalized spacial score (nSPS) is 10.4. The first-order valence-corrected chi connectivity index (χ1v) is 7.28. The first-order valence-electron chi connectivity index (χ1n) is 6.02. The van der Waals surface area contributed by atoms with Gasteiger partial charge in [-0.25, -0.2) is 4.98 Å². The molecular formula is C14H11ClNO4S-. The molecule has 110 valence electrons. The molecule has 1 aromatic heterocycles. The first-order chi connectivity index (χ1) is 9.95. The Morgan fingerprint density at radius 3 is 2.86 bits per heavy atom. The van der Waals surface area contributed by atoms with E-state index >= 15 is 0 Å². The fourth-order valence-corrected chi connectivity index (χ4v) is 2.44. The number of benzene rings is 1. The van der Waals surface area contributed by atoms with E-state index in [-0.39, 0.29) is 23.8 Å². The summed E-state index contributed by atoms with van der Waals surface area (Å²) in [6.45, 7) is 1.67. The van der Waals surface area contributed by atoms with Gasteiger partial charge in [-0.15, -0.1) is 11.3 Å². The summed E-state index contributed by atoms with van der Waals surface area (Å²) >= 11 is 6.99. The number of Topliss-reactive ketones (excluding diaryl/α,β-unsaturated/α-hetero) is 1. The molecule has 0 saturated heterocycles. The molecule has 2 aromatic rings. The van der Waals surface area contributed by atoms with Crippen LogP contribution in [-0.4, -0.2) is 23.3 Å². The number of aliphatic carboxylic acids is 1. The number of carbonyl (C=O) groups excluding carboxylic acids is 2. The van der Waals surface area contributed by atoms with Gasteiger partial charge in [-0.05, 0) is 30.7 Å². The fraction of sp³-hybridized carbons (Fsp3) is 0.214. The van der Waals surface area contributed by atoms with E-state index in [9.17, 15) is 14.7 Å². The average molecular weight is 325 g/mol. The van der Waals surface area contributed by atoms with Crippen molar-refractivity contribution < 1.29 is 19.4 Å². The highest BCUT2D eigenvalue weighted by Gasteiger charge is 2.12. The molecule has 21 heavy (non-hydrogen) atoms. The minimum Gasteiger partial charge on any atom is -0.550 e. The molecule has 0 fully saturated rings. The SMILES string of the molecule is Cc1cc(OCC(=O)c2nc(CC(=O)[O-])cs2)ccc1Cl. The van der Waals surface area contributed by atoms with Crippen LogP contribution in [0.4, 0.5) is 0 Å². The smallest absolute Gasteiger partial charge is 0.228 e. The predicted molar refractivity (Wildman–Crippen MR) is 76.8 cm³/mol. The van der Waals surface area contributed by atoms with Crippen LogP contribution in [0.5, 0.6) is 5.75 Å². The van der Waals surface area contributed by atoms with Crippen LogP contribution in [0.15, 0.2) is 23.6 Å². The standard InChI is InChI=1S/C14H12ClNO4S/c1-8-4-10(2-3-11(8)15)20-6-12(17)14-16-9(7-21-14)5-13(18)19/h2-4,7H,5-6H2,1H3,(H,18,19)/p-1. The number of thiazole rings is 1. The molecule has 7 heteroatoms. The minimum absolute atomic E-state index is 0.167. The summed E-state index contributed by atoms with van der Waals surface area (Å²) in [6.07, 6.45) is -0.305. The Hall–Kier alpha value is -1.92. The summed E-state index contributed by atoms with van der Waals surface area (Å²) < 4.78 is 5.38. The maximum atomic E-state index is 11.9. The van der Waals surface area contributed by atoms with E-state index < -0.39 is 5.97 Å². The molecule has 0 aliphatic rings. The Labute approximate surface area is 130 Å². The Kier molecular flexibility index (Phi) is 4.93. The van der Waals surface area contributed by atoms with Gasteiger partial charge in [0.15, 0.2) is 11.6 Å². The van der Waals surface area contributed by atoms with E-state index in [1.165, 1.54) is 5.38 Å². The van der Waals surface area contributed by atoms with Crippen molar-refractivity contribution in [1.29, 1.82) is 0 Å². The third kappa shape index (κ3) is 4.27. The van der Waals surface area contributed by atoms with Crippen LogP contribution in [0.25, 0.3) is 0 Å². The molecule has 1 aromatic carbocycles. The zero-order valence-corrected chi connectivity index (χ0v) is 12.7. The van der Waals surface area contributed by atoms with Crippen LogP contribution in [0.2, 0.25) is 5.02 Å². The number of ether oxygens (including phenoxy) is 1. The predicted octanol–water partition coefficient (Wildman–Crippen LogP) is 1.66. The lowest BCUT2D eigenvalue weighted by Crippen LogP contribution is -2.24. The number of aryl methyl sites for hydroxylation is 1. The Bertz CT molecular complexity index is 683. The van der Waals surface area contributed by atoms with Gasteiger partial charge in [0.05, 0.1) is 5.69 Å². The van der Waals surface area contributed by atoms with Crippen molar-refractivity contribution in [3.63, 3.8) is 0 Å². The van der Waals surface area contributed by atoms with Crippen molar-refractivity contribution in [2.24, 2.45) is 0 Å². The van der Waals surface area contributed by atoms with Crippen LogP contribution >= 0.6 is 22.9 Å². The van der Waals surface area contributed by atoms with Crippen LogP contribution in [-0.2, 0) is 11.2 Å².